The van der Waals surface area contributed by atoms with Gasteiger partial charge in [0.05, 0.1) is 0 Å². The van der Waals surface area contributed by atoms with E-state index in [1.807, 2.05) is 6.92 Å². The molecule has 0 aliphatic carbocycles. The lowest BCUT2D eigenvalue weighted by Gasteiger charge is -2.00. The smallest absolute Gasteiger partial charge is 0.255 e. The van der Waals surface area contributed by atoms with Gasteiger partial charge in [-0.1, -0.05) is 12.1 Å². The fourth-order valence-electron chi connectivity index (χ4n) is 0.828. The predicted octanol–water partition coefficient (Wildman–Crippen LogP) is 0.0142. The van der Waals surface area contributed by atoms with Gasteiger partial charge in [-0.2, -0.15) is 4.98 Å². The molecule has 0 saturated carbocycles. The second kappa shape index (κ2) is 4.18. The molecule has 5 heteroatoms. The van der Waals surface area contributed by atoms with Crippen LogP contribution in [-0.2, 0) is 6.42 Å². The molecule has 0 aliphatic rings. The standard InChI is InChI=1S/C7H13N3O2/c1-2-6-9-7(12-10-6)5(11)3-4-8/h5,11H,2-4,8H2,1H3/t5-/m0/s1. The lowest BCUT2D eigenvalue weighted by molar-refractivity contribution is 0.127. The SMILES string of the molecule is CCc1noc([C@@H](O)CCN)n1. The summed E-state index contributed by atoms with van der Waals surface area (Å²) in [5, 5.41) is 13.0. The number of aryl methyl sites for hydroxylation is 1. The highest BCUT2D eigenvalue weighted by atomic mass is 16.5. The van der Waals surface area contributed by atoms with Crippen LogP contribution in [0.4, 0.5) is 0 Å². The molecule has 5 nitrogen and oxygen atoms in total. The first-order valence-electron chi connectivity index (χ1n) is 3.98. The summed E-state index contributed by atoms with van der Waals surface area (Å²) in [7, 11) is 0. The van der Waals surface area contributed by atoms with E-state index in [-0.39, 0.29) is 5.89 Å². The molecular formula is C7H13N3O2. The van der Waals surface area contributed by atoms with Gasteiger partial charge in [0.15, 0.2) is 5.82 Å². The number of hydrogen-bond donors (Lipinski definition) is 2. The number of aliphatic hydroxyl groups excluding tert-OH is 1. The number of rotatable bonds is 4. The van der Waals surface area contributed by atoms with Gasteiger partial charge in [0.25, 0.3) is 5.89 Å². The highest BCUT2D eigenvalue weighted by Crippen LogP contribution is 2.12. The zero-order valence-electron chi connectivity index (χ0n) is 7.03. The molecule has 0 amide bonds. The predicted molar refractivity (Wildman–Crippen MR) is 42.3 cm³/mol. The topological polar surface area (TPSA) is 85.2 Å². The maximum absolute atomic E-state index is 9.35. The van der Waals surface area contributed by atoms with E-state index in [0.29, 0.717) is 25.2 Å². The first-order valence-corrected chi connectivity index (χ1v) is 3.98. The van der Waals surface area contributed by atoms with Crippen molar-refractivity contribution in [2.45, 2.75) is 25.9 Å². The van der Waals surface area contributed by atoms with E-state index in [0.717, 1.165) is 0 Å². The van der Waals surface area contributed by atoms with E-state index in [1.54, 1.807) is 0 Å². The van der Waals surface area contributed by atoms with Gasteiger partial charge in [-0.25, -0.2) is 0 Å². The number of aliphatic hydroxyl groups is 1. The molecule has 0 aliphatic heterocycles. The van der Waals surface area contributed by atoms with Crippen molar-refractivity contribution in [3.8, 4) is 0 Å². The average Bonchev–Trinajstić information content (AvgIpc) is 2.52. The molecule has 0 bridgehead atoms. The van der Waals surface area contributed by atoms with Crippen LogP contribution in [-0.4, -0.2) is 21.8 Å². The van der Waals surface area contributed by atoms with Gasteiger partial charge in [0.2, 0.25) is 0 Å². The zero-order chi connectivity index (χ0) is 8.97. The van der Waals surface area contributed by atoms with Gasteiger partial charge < -0.3 is 15.4 Å². The molecule has 0 unspecified atom stereocenters. The molecule has 68 valence electrons. The van der Waals surface area contributed by atoms with E-state index in [9.17, 15) is 5.11 Å². The minimum atomic E-state index is -0.720. The van der Waals surface area contributed by atoms with Crippen LogP contribution in [0.1, 0.15) is 31.2 Å². The van der Waals surface area contributed by atoms with Crippen LogP contribution in [0.2, 0.25) is 0 Å². The van der Waals surface area contributed by atoms with Crippen molar-refractivity contribution in [3.63, 3.8) is 0 Å². The van der Waals surface area contributed by atoms with Gasteiger partial charge in [0, 0.05) is 6.42 Å². The number of hydrogen-bond acceptors (Lipinski definition) is 5. The summed E-state index contributed by atoms with van der Waals surface area (Å²) < 4.78 is 4.80. The number of nitrogens with zero attached hydrogens (tertiary/aromatic N) is 2. The van der Waals surface area contributed by atoms with Crippen LogP contribution in [0, 0.1) is 0 Å². The molecule has 1 atom stereocenters. The highest BCUT2D eigenvalue weighted by molar-refractivity contribution is 4.89. The summed E-state index contributed by atoms with van der Waals surface area (Å²) in [6.45, 7) is 2.33. The second-order valence-electron chi connectivity index (χ2n) is 2.50. The minimum Gasteiger partial charge on any atom is -0.383 e. The lowest BCUT2D eigenvalue weighted by Crippen LogP contribution is -2.06. The Hall–Kier alpha value is -0.940. The summed E-state index contributed by atoms with van der Waals surface area (Å²) in [4.78, 5) is 3.96. The van der Waals surface area contributed by atoms with E-state index in [1.165, 1.54) is 0 Å². The Kier molecular flexibility index (Phi) is 3.19. The highest BCUT2D eigenvalue weighted by Gasteiger charge is 2.13. The zero-order valence-corrected chi connectivity index (χ0v) is 7.03. The van der Waals surface area contributed by atoms with E-state index < -0.39 is 6.10 Å². The monoisotopic (exact) mass is 171 g/mol. The van der Waals surface area contributed by atoms with Gasteiger partial charge >= 0.3 is 0 Å². The summed E-state index contributed by atoms with van der Waals surface area (Å²) >= 11 is 0. The van der Waals surface area contributed by atoms with Crippen LogP contribution in [0.15, 0.2) is 4.52 Å². The van der Waals surface area contributed by atoms with Crippen molar-refractivity contribution in [1.82, 2.24) is 10.1 Å². The first kappa shape index (κ1) is 9.15. The summed E-state index contributed by atoms with van der Waals surface area (Å²) in [5.41, 5.74) is 5.26. The summed E-state index contributed by atoms with van der Waals surface area (Å²) in [6, 6.07) is 0. The van der Waals surface area contributed by atoms with Crippen molar-refractivity contribution in [2.24, 2.45) is 5.73 Å². The quantitative estimate of drug-likeness (QED) is 0.666. The third-order valence-electron chi connectivity index (χ3n) is 1.53. The summed E-state index contributed by atoms with van der Waals surface area (Å²) in [6.07, 6.45) is 0.437. The van der Waals surface area contributed by atoms with Gasteiger partial charge in [-0.15, -0.1) is 0 Å². The van der Waals surface area contributed by atoms with Crippen molar-refractivity contribution >= 4 is 0 Å². The minimum absolute atomic E-state index is 0.261. The van der Waals surface area contributed by atoms with Gasteiger partial charge in [0.1, 0.15) is 6.10 Å². The van der Waals surface area contributed by atoms with Gasteiger partial charge in [-0.3, -0.25) is 0 Å². The average molecular weight is 171 g/mol. The fraction of sp³-hybridized carbons (Fsp3) is 0.714. The van der Waals surface area contributed by atoms with Gasteiger partial charge in [-0.05, 0) is 13.0 Å². The van der Waals surface area contributed by atoms with Crippen molar-refractivity contribution < 1.29 is 9.63 Å². The molecule has 1 aromatic rings. The van der Waals surface area contributed by atoms with Crippen LogP contribution in [0.25, 0.3) is 0 Å². The van der Waals surface area contributed by atoms with Crippen molar-refractivity contribution in [1.29, 1.82) is 0 Å². The third kappa shape index (κ3) is 2.02. The Bertz CT molecular complexity index is 236. The molecule has 1 rings (SSSR count). The Labute approximate surface area is 70.6 Å². The first-order chi connectivity index (χ1) is 5.77. The fourth-order valence-corrected chi connectivity index (χ4v) is 0.828. The van der Waals surface area contributed by atoms with Crippen LogP contribution >= 0.6 is 0 Å². The lowest BCUT2D eigenvalue weighted by atomic mass is 10.2. The molecule has 12 heavy (non-hydrogen) atoms. The Morgan fingerprint density at radius 1 is 1.67 bits per heavy atom. The molecule has 1 heterocycles. The molecular weight excluding hydrogens is 158 g/mol. The van der Waals surface area contributed by atoms with Crippen molar-refractivity contribution in [2.75, 3.05) is 6.54 Å². The molecule has 0 aromatic carbocycles. The largest absolute Gasteiger partial charge is 0.383 e. The van der Waals surface area contributed by atoms with E-state index >= 15 is 0 Å². The molecule has 3 N–H and O–H groups in total. The third-order valence-corrected chi connectivity index (χ3v) is 1.53. The molecule has 1 aromatic heterocycles. The molecule has 0 radical (unpaired) electrons. The Morgan fingerprint density at radius 2 is 2.42 bits per heavy atom. The molecule has 0 saturated heterocycles. The van der Waals surface area contributed by atoms with E-state index in [4.69, 9.17) is 10.3 Å². The Morgan fingerprint density at radius 3 is 2.92 bits per heavy atom. The Balaban J connectivity index is 2.61. The van der Waals surface area contributed by atoms with E-state index in [2.05, 4.69) is 10.1 Å². The van der Waals surface area contributed by atoms with Crippen LogP contribution in [0.3, 0.4) is 0 Å². The van der Waals surface area contributed by atoms with Crippen molar-refractivity contribution in [3.05, 3.63) is 11.7 Å². The summed E-state index contributed by atoms with van der Waals surface area (Å²) in [5.74, 6) is 0.873. The normalized spacial score (nSPS) is 13.2. The maximum atomic E-state index is 9.35. The second-order valence-corrected chi connectivity index (χ2v) is 2.50. The maximum Gasteiger partial charge on any atom is 0.255 e. The number of aromatic nitrogens is 2. The van der Waals surface area contributed by atoms with Crippen LogP contribution in [0.5, 0.6) is 0 Å². The molecule has 0 fully saturated rings. The van der Waals surface area contributed by atoms with Crippen LogP contribution < -0.4 is 5.73 Å². The molecule has 0 spiro atoms. The number of nitrogens with two attached hydrogens (primary N) is 1.